The number of rotatable bonds is 4. The van der Waals surface area contributed by atoms with Crippen LogP contribution in [0.3, 0.4) is 0 Å². The van der Waals surface area contributed by atoms with Gasteiger partial charge in [0, 0.05) is 18.2 Å². The van der Waals surface area contributed by atoms with Gasteiger partial charge in [-0.05, 0) is 18.2 Å². The molecular formula is C11H13ClN2O3. The number of amides is 1. The normalized spacial score (nSPS) is 11.9. The van der Waals surface area contributed by atoms with E-state index in [9.17, 15) is 9.59 Å². The van der Waals surface area contributed by atoms with E-state index in [4.69, 9.17) is 22.4 Å². The van der Waals surface area contributed by atoms with E-state index in [0.717, 1.165) is 0 Å². The molecule has 0 saturated heterocycles. The van der Waals surface area contributed by atoms with E-state index < -0.39 is 5.97 Å². The third kappa shape index (κ3) is 3.44. The summed E-state index contributed by atoms with van der Waals surface area (Å²) in [6.45, 7) is 1.94. The number of carboxylic acids is 1. The van der Waals surface area contributed by atoms with Crippen LogP contribution in [0.15, 0.2) is 18.2 Å². The van der Waals surface area contributed by atoms with E-state index in [0.29, 0.717) is 5.69 Å². The van der Waals surface area contributed by atoms with Crippen molar-refractivity contribution in [3.05, 3.63) is 28.8 Å². The van der Waals surface area contributed by atoms with E-state index in [1.807, 2.05) is 0 Å². The Hall–Kier alpha value is -1.59. The third-order valence-electron chi connectivity index (χ3n) is 2.27. The van der Waals surface area contributed by atoms with Crippen LogP contribution in [0.4, 0.5) is 5.69 Å². The molecule has 1 amide bonds. The minimum Gasteiger partial charge on any atom is -0.478 e. The molecule has 17 heavy (non-hydrogen) atoms. The Kier molecular flexibility index (Phi) is 4.48. The Balaban J connectivity index is 2.84. The first-order valence-corrected chi connectivity index (χ1v) is 5.37. The molecule has 0 aliphatic heterocycles. The summed E-state index contributed by atoms with van der Waals surface area (Å²) in [5.41, 5.74) is 5.80. The Bertz CT molecular complexity index is 448. The van der Waals surface area contributed by atoms with Crippen LogP contribution >= 0.6 is 11.6 Å². The number of nitrogens with one attached hydrogen (secondary N) is 1. The van der Waals surface area contributed by atoms with Crippen LogP contribution in [0.1, 0.15) is 17.3 Å². The van der Waals surface area contributed by atoms with Crippen LogP contribution in [0.2, 0.25) is 5.02 Å². The van der Waals surface area contributed by atoms with Gasteiger partial charge in [0.05, 0.1) is 10.6 Å². The largest absolute Gasteiger partial charge is 0.478 e. The van der Waals surface area contributed by atoms with Gasteiger partial charge in [-0.25, -0.2) is 4.79 Å². The molecule has 0 saturated carbocycles. The molecule has 1 aromatic rings. The van der Waals surface area contributed by atoms with Gasteiger partial charge in [0.15, 0.2) is 0 Å². The first-order valence-electron chi connectivity index (χ1n) is 4.99. The number of carboxylic acid groups (broad SMARTS) is 1. The van der Waals surface area contributed by atoms with Crippen molar-refractivity contribution < 1.29 is 14.7 Å². The number of hydrogen-bond acceptors (Lipinski definition) is 3. The number of nitrogens with two attached hydrogens (primary N) is 1. The van der Waals surface area contributed by atoms with Crippen LogP contribution < -0.4 is 11.1 Å². The van der Waals surface area contributed by atoms with Gasteiger partial charge in [-0.3, -0.25) is 4.79 Å². The summed E-state index contributed by atoms with van der Waals surface area (Å²) in [5, 5.41) is 11.5. The van der Waals surface area contributed by atoms with Gasteiger partial charge in [-0.15, -0.1) is 0 Å². The molecule has 0 aromatic heterocycles. The lowest BCUT2D eigenvalue weighted by Crippen LogP contribution is -2.26. The van der Waals surface area contributed by atoms with Gasteiger partial charge in [-0.2, -0.15) is 0 Å². The molecule has 1 rings (SSSR count). The lowest BCUT2D eigenvalue weighted by atomic mass is 10.1. The van der Waals surface area contributed by atoms with Crippen molar-refractivity contribution in [2.45, 2.75) is 6.92 Å². The van der Waals surface area contributed by atoms with Crippen LogP contribution in [0, 0.1) is 5.92 Å². The zero-order chi connectivity index (χ0) is 13.0. The summed E-state index contributed by atoms with van der Waals surface area (Å²) in [4.78, 5) is 22.2. The molecular weight excluding hydrogens is 244 g/mol. The highest BCUT2D eigenvalue weighted by atomic mass is 35.5. The monoisotopic (exact) mass is 256 g/mol. The molecule has 4 N–H and O–H groups in total. The summed E-state index contributed by atoms with van der Waals surface area (Å²) in [6, 6.07) is 4.22. The minimum atomic E-state index is -1.11. The molecule has 5 nitrogen and oxygen atoms in total. The number of benzene rings is 1. The fourth-order valence-electron chi connectivity index (χ4n) is 1.14. The van der Waals surface area contributed by atoms with Gasteiger partial charge in [0.2, 0.25) is 5.91 Å². The first kappa shape index (κ1) is 13.5. The maximum atomic E-state index is 11.5. The second kappa shape index (κ2) is 5.65. The molecule has 1 unspecified atom stereocenters. The van der Waals surface area contributed by atoms with Crippen LogP contribution in [-0.4, -0.2) is 23.5 Å². The number of halogens is 1. The third-order valence-corrected chi connectivity index (χ3v) is 2.58. The summed E-state index contributed by atoms with van der Waals surface area (Å²) in [5.74, 6) is -1.65. The predicted molar refractivity (Wildman–Crippen MR) is 65.3 cm³/mol. The fraction of sp³-hybridized carbons (Fsp3) is 0.273. The van der Waals surface area contributed by atoms with Crippen molar-refractivity contribution in [3.8, 4) is 0 Å². The van der Waals surface area contributed by atoms with E-state index in [2.05, 4.69) is 5.32 Å². The molecule has 0 aliphatic carbocycles. The van der Waals surface area contributed by atoms with Gasteiger partial charge in [0.25, 0.3) is 0 Å². The second-order valence-electron chi connectivity index (χ2n) is 3.63. The van der Waals surface area contributed by atoms with E-state index in [1.54, 1.807) is 6.92 Å². The number of anilines is 1. The predicted octanol–water partition coefficient (Wildman–Crippen LogP) is 1.57. The van der Waals surface area contributed by atoms with Crippen molar-refractivity contribution in [3.63, 3.8) is 0 Å². The summed E-state index contributed by atoms with van der Waals surface area (Å²) in [7, 11) is 0. The SMILES string of the molecule is CC(CN)C(=O)Nc1ccc(C(=O)O)c(Cl)c1. The Morgan fingerprint density at radius 3 is 2.65 bits per heavy atom. The zero-order valence-electron chi connectivity index (χ0n) is 9.24. The molecule has 1 aromatic carbocycles. The van der Waals surface area contributed by atoms with Crippen LogP contribution in [-0.2, 0) is 4.79 Å². The molecule has 0 radical (unpaired) electrons. The summed E-state index contributed by atoms with van der Waals surface area (Å²) >= 11 is 5.76. The molecule has 92 valence electrons. The van der Waals surface area contributed by atoms with Gasteiger partial charge in [0.1, 0.15) is 0 Å². The average molecular weight is 257 g/mol. The van der Waals surface area contributed by atoms with E-state index >= 15 is 0 Å². The molecule has 0 spiro atoms. The summed E-state index contributed by atoms with van der Waals surface area (Å²) in [6.07, 6.45) is 0. The zero-order valence-corrected chi connectivity index (χ0v) is 9.99. The lowest BCUT2D eigenvalue weighted by molar-refractivity contribution is -0.119. The lowest BCUT2D eigenvalue weighted by Gasteiger charge is -2.10. The number of aromatic carboxylic acids is 1. The topological polar surface area (TPSA) is 92.4 Å². The van der Waals surface area contributed by atoms with Crippen molar-refractivity contribution in [1.82, 2.24) is 0 Å². The van der Waals surface area contributed by atoms with Crippen LogP contribution in [0.5, 0.6) is 0 Å². The standard InChI is InChI=1S/C11H13ClN2O3/c1-6(5-13)10(15)14-7-2-3-8(11(16)17)9(12)4-7/h2-4,6H,5,13H2,1H3,(H,14,15)(H,16,17). The number of carbonyl (C=O) groups is 2. The minimum absolute atomic E-state index is 0.00320. The van der Waals surface area contributed by atoms with Crippen LogP contribution in [0.25, 0.3) is 0 Å². The number of carbonyl (C=O) groups excluding carboxylic acids is 1. The highest BCUT2D eigenvalue weighted by molar-refractivity contribution is 6.33. The second-order valence-corrected chi connectivity index (χ2v) is 4.03. The van der Waals surface area contributed by atoms with Gasteiger partial charge < -0.3 is 16.2 Å². The smallest absolute Gasteiger partial charge is 0.337 e. The van der Waals surface area contributed by atoms with Crippen molar-refractivity contribution in [2.75, 3.05) is 11.9 Å². The van der Waals surface area contributed by atoms with Crippen molar-refractivity contribution in [2.24, 2.45) is 11.7 Å². The Morgan fingerprint density at radius 2 is 2.18 bits per heavy atom. The fourth-order valence-corrected chi connectivity index (χ4v) is 1.40. The maximum absolute atomic E-state index is 11.5. The summed E-state index contributed by atoms with van der Waals surface area (Å²) < 4.78 is 0. The number of hydrogen-bond donors (Lipinski definition) is 3. The molecule has 6 heteroatoms. The highest BCUT2D eigenvalue weighted by Gasteiger charge is 2.13. The maximum Gasteiger partial charge on any atom is 0.337 e. The van der Waals surface area contributed by atoms with E-state index in [1.165, 1.54) is 18.2 Å². The van der Waals surface area contributed by atoms with E-state index in [-0.39, 0.29) is 29.0 Å². The average Bonchev–Trinajstić information content (AvgIpc) is 2.27. The molecule has 0 aliphatic rings. The van der Waals surface area contributed by atoms with Gasteiger partial charge in [-0.1, -0.05) is 18.5 Å². The van der Waals surface area contributed by atoms with Crippen molar-refractivity contribution in [1.29, 1.82) is 0 Å². The van der Waals surface area contributed by atoms with Gasteiger partial charge >= 0.3 is 5.97 Å². The molecule has 0 fully saturated rings. The molecule has 1 atom stereocenters. The highest BCUT2D eigenvalue weighted by Crippen LogP contribution is 2.21. The quantitative estimate of drug-likeness (QED) is 0.762. The molecule has 0 bridgehead atoms. The van der Waals surface area contributed by atoms with Crippen molar-refractivity contribution >= 4 is 29.2 Å². The Morgan fingerprint density at radius 1 is 1.53 bits per heavy atom. The Labute approximate surface area is 104 Å². The first-order chi connectivity index (χ1) is 7.95. The molecule has 0 heterocycles.